The highest BCUT2D eigenvalue weighted by atomic mass is 16.7. The van der Waals surface area contributed by atoms with Gasteiger partial charge in [-0.25, -0.2) is 0 Å². The average Bonchev–Trinajstić information content (AvgIpc) is 2.19. The smallest absolute Gasteiger partial charge is 0.189 e. The number of ether oxygens (including phenoxy) is 2. The Morgan fingerprint density at radius 2 is 1.94 bits per heavy atom. The summed E-state index contributed by atoms with van der Waals surface area (Å²) in [5, 5.41) is 29.6. The zero-order valence-corrected chi connectivity index (χ0v) is 10.3. The summed E-state index contributed by atoms with van der Waals surface area (Å²) in [4.78, 5) is 0. The van der Waals surface area contributed by atoms with E-state index in [2.05, 4.69) is 0 Å². The third-order valence-electron chi connectivity index (χ3n) is 2.88. The standard InChI is InChI=1S/C11H22O5/c1-5-7-8(12)9(13)11(4,14)10(16-7)15-6(2)3/h6-10,12-14H,5H2,1-4H3/t7-,8-,9+,10+,11+/m1/s1. The average molecular weight is 234 g/mol. The first-order chi connectivity index (χ1) is 7.30. The Bertz CT molecular complexity index is 228. The number of hydrogen-bond acceptors (Lipinski definition) is 5. The first kappa shape index (κ1) is 13.9. The Morgan fingerprint density at radius 3 is 2.38 bits per heavy atom. The van der Waals surface area contributed by atoms with Crippen molar-refractivity contribution in [3.63, 3.8) is 0 Å². The minimum atomic E-state index is -1.60. The molecule has 0 aromatic rings. The van der Waals surface area contributed by atoms with Gasteiger partial charge in [0, 0.05) is 0 Å². The first-order valence-electron chi connectivity index (χ1n) is 5.70. The normalized spacial score (nSPS) is 45.0. The first-order valence-corrected chi connectivity index (χ1v) is 5.70. The zero-order valence-electron chi connectivity index (χ0n) is 10.3. The molecule has 0 aliphatic carbocycles. The van der Waals surface area contributed by atoms with Gasteiger partial charge in [-0.05, 0) is 27.2 Å². The second-order valence-corrected chi connectivity index (χ2v) is 4.76. The molecule has 0 radical (unpaired) electrons. The van der Waals surface area contributed by atoms with E-state index >= 15 is 0 Å². The third-order valence-corrected chi connectivity index (χ3v) is 2.88. The Morgan fingerprint density at radius 1 is 1.38 bits per heavy atom. The summed E-state index contributed by atoms with van der Waals surface area (Å²) < 4.78 is 10.9. The second-order valence-electron chi connectivity index (χ2n) is 4.76. The maximum absolute atomic E-state index is 10.1. The van der Waals surface area contributed by atoms with Crippen molar-refractivity contribution in [2.75, 3.05) is 0 Å². The van der Waals surface area contributed by atoms with E-state index in [4.69, 9.17) is 9.47 Å². The van der Waals surface area contributed by atoms with Gasteiger partial charge in [0.05, 0.1) is 12.2 Å². The fourth-order valence-corrected chi connectivity index (χ4v) is 1.82. The predicted octanol–water partition coefficient (Wildman–Crippen LogP) is 0.0191. The quantitative estimate of drug-likeness (QED) is 0.641. The van der Waals surface area contributed by atoms with Crippen LogP contribution in [-0.4, -0.2) is 51.6 Å². The molecule has 1 aliphatic heterocycles. The molecule has 5 atom stereocenters. The maximum Gasteiger partial charge on any atom is 0.189 e. The van der Waals surface area contributed by atoms with Gasteiger partial charge in [-0.15, -0.1) is 0 Å². The van der Waals surface area contributed by atoms with Crippen molar-refractivity contribution in [1.29, 1.82) is 0 Å². The molecule has 5 heteroatoms. The van der Waals surface area contributed by atoms with Gasteiger partial charge in [0.15, 0.2) is 6.29 Å². The van der Waals surface area contributed by atoms with Crippen LogP contribution in [-0.2, 0) is 9.47 Å². The van der Waals surface area contributed by atoms with E-state index in [-0.39, 0.29) is 6.10 Å². The molecule has 0 bridgehead atoms. The third kappa shape index (κ3) is 2.55. The van der Waals surface area contributed by atoms with Crippen molar-refractivity contribution in [3.05, 3.63) is 0 Å². The van der Waals surface area contributed by atoms with Crippen molar-refractivity contribution in [3.8, 4) is 0 Å². The maximum atomic E-state index is 10.1. The topological polar surface area (TPSA) is 79.2 Å². The molecule has 1 rings (SSSR count). The van der Waals surface area contributed by atoms with Crippen molar-refractivity contribution < 1.29 is 24.8 Å². The molecule has 0 aromatic carbocycles. The molecule has 5 nitrogen and oxygen atoms in total. The van der Waals surface area contributed by atoms with Crippen LogP contribution in [0.1, 0.15) is 34.1 Å². The van der Waals surface area contributed by atoms with Gasteiger partial charge in [-0.2, -0.15) is 0 Å². The van der Waals surface area contributed by atoms with Crippen LogP contribution in [0, 0.1) is 0 Å². The summed E-state index contributed by atoms with van der Waals surface area (Å²) in [7, 11) is 0. The molecule has 0 amide bonds. The Kier molecular flexibility index (Phi) is 4.31. The lowest BCUT2D eigenvalue weighted by atomic mass is 9.87. The van der Waals surface area contributed by atoms with Gasteiger partial charge in [0.1, 0.15) is 17.8 Å². The molecular weight excluding hydrogens is 212 g/mol. The summed E-state index contributed by atoms with van der Waals surface area (Å²) >= 11 is 0. The van der Waals surface area contributed by atoms with E-state index in [9.17, 15) is 15.3 Å². The molecule has 96 valence electrons. The van der Waals surface area contributed by atoms with Gasteiger partial charge in [-0.3, -0.25) is 0 Å². The van der Waals surface area contributed by atoms with E-state index in [1.807, 2.05) is 20.8 Å². The second kappa shape index (κ2) is 4.98. The molecule has 0 aromatic heterocycles. The number of aliphatic hydroxyl groups is 3. The lowest BCUT2D eigenvalue weighted by molar-refractivity contribution is -0.339. The summed E-state index contributed by atoms with van der Waals surface area (Å²) in [5.74, 6) is 0. The highest BCUT2D eigenvalue weighted by Crippen LogP contribution is 2.32. The highest BCUT2D eigenvalue weighted by Gasteiger charge is 2.52. The zero-order chi connectivity index (χ0) is 12.5. The fourth-order valence-electron chi connectivity index (χ4n) is 1.82. The van der Waals surface area contributed by atoms with Crippen molar-refractivity contribution >= 4 is 0 Å². The monoisotopic (exact) mass is 234 g/mol. The van der Waals surface area contributed by atoms with E-state index in [0.717, 1.165) is 0 Å². The Labute approximate surface area is 96.0 Å². The van der Waals surface area contributed by atoms with Gasteiger partial charge < -0.3 is 24.8 Å². The van der Waals surface area contributed by atoms with Crippen LogP contribution in [0.25, 0.3) is 0 Å². The Hall–Kier alpha value is -0.200. The fraction of sp³-hybridized carbons (Fsp3) is 1.00. The van der Waals surface area contributed by atoms with Crippen LogP contribution in [0.4, 0.5) is 0 Å². The number of hydrogen-bond donors (Lipinski definition) is 3. The van der Waals surface area contributed by atoms with Crippen LogP contribution in [0.2, 0.25) is 0 Å². The summed E-state index contributed by atoms with van der Waals surface area (Å²) in [5.41, 5.74) is -1.60. The Balaban J connectivity index is 2.82. The molecule has 1 saturated heterocycles. The molecule has 1 fully saturated rings. The van der Waals surface area contributed by atoms with Gasteiger partial charge in [0.2, 0.25) is 0 Å². The summed E-state index contributed by atoms with van der Waals surface area (Å²) in [6, 6.07) is 0. The van der Waals surface area contributed by atoms with Crippen molar-refractivity contribution in [2.24, 2.45) is 0 Å². The summed E-state index contributed by atoms with van der Waals surface area (Å²) in [6.07, 6.45) is -3.38. The van der Waals surface area contributed by atoms with Gasteiger partial charge in [-0.1, -0.05) is 6.92 Å². The molecule has 1 aliphatic rings. The number of rotatable bonds is 3. The van der Waals surface area contributed by atoms with Crippen LogP contribution in [0.3, 0.4) is 0 Å². The van der Waals surface area contributed by atoms with Crippen molar-refractivity contribution in [2.45, 2.75) is 70.4 Å². The molecule has 0 saturated carbocycles. The van der Waals surface area contributed by atoms with Gasteiger partial charge in [0.25, 0.3) is 0 Å². The lowest BCUT2D eigenvalue weighted by Crippen LogP contribution is -2.65. The minimum absolute atomic E-state index is 0.128. The molecule has 0 unspecified atom stereocenters. The van der Waals surface area contributed by atoms with Crippen LogP contribution < -0.4 is 0 Å². The van der Waals surface area contributed by atoms with E-state index < -0.39 is 30.2 Å². The minimum Gasteiger partial charge on any atom is -0.388 e. The van der Waals surface area contributed by atoms with Crippen LogP contribution >= 0.6 is 0 Å². The lowest BCUT2D eigenvalue weighted by Gasteiger charge is -2.46. The largest absolute Gasteiger partial charge is 0.388 e. The number of aliphatic hydroxyl groups excluding tert-OH is 2. The van der Waals surface area contributed by atoms with E-state index in [1.165, 1.54) is 6.92 Å². The SMILES string of the molecule is CC[C@H]1O[C@H](OC(C)C)[C@@](C)(O)[C@@H](O)[C@@H]1O. The van der Waals surface area contributed by atoms with Gasteiger partial charge >= 0.3 is 0 Å². The molecule has 3 N–H and O–H groups in total. The van der Waals surface area contributed by atoms with Crippen molar-refractivity contribution in [1.82, 2.24) is 0 Å². The molecular formula is C11H22O5. The molecule has 1 heterocycles. The molecule has 16 heavy (non-hydrogen) atoms. The molecule has 0 spiro atoms. The van der Waals surface area contributed by atoms with Crippen LogP contribution in [0.5, 0.6) is 0 Å². The van der Waals surface area contributed by atoms with Crippen LogP contribution in [0.15, 0.2) is 0 Å². The predicted molar refractivity (Wildman–Crippen MR) is 57.8 cm³/mol. The van der Waals surface area contributed by atoms with E-state index in [0.29, 0.717) is 6.42 Å². The highest BCUT2D eigenvalue weighted by molar-refractivity contribution is 4.97. The van der Waals surface area contributed by atoms with E-state index in [1.54, 1.807) is 0 Å². The summed E-state index contributed by atoms with van der Waals surface area (Å²) in [6.45, 7) is 6.88.